The second-order valence-corrected chi connectivity index (χ2v) is 4.76. The third kappa shape index (κ3) is 1.92. The Balaban J connectivity index is 2.30. The van der Waals surface area contributed by atoms with Crippen molar-refractivity contribution < 1.29 is 0 Å². The fourth-order valence-corrected chi connectivity index (χ4v) is 2.15. The normalized spacial score (nSPS) is 10.5. The molecule has 0 aliphatic heterocycles. The molecule has 19 heavy (non-hydrogen) atoms. The number of hydrogen-bond donors (Lipinski definition) is 1. The molecule has 6 nitrogen and oxygen atoms in total. The Morgan fingerprint density at radius 3 is 2.89 bits per heavy atom. The molecule has 0 amide bonds. The molecule has 92 valence electrons. The lowest BCUT2D eigenvalue weighted by atomic mass is 10.1. The molecule has 0 unspecified atom stereocenters. The molecule has 2 heterocycles. The second kappa shape index (κ2) is 4.33. The lowest BCUT2D eigenvalue weighted by Gasteiger charge is -2.07. The number of benzene rings is 1. The standard InChI is InChI=1S/C12H7BrN6/c13-7-3-8-9(15)1-2-10(12(8)16-5-7)19-6-17-11(4-14)18-19/h1-3,5-6H,15H2. The number of nitrogens with two attached hydrogens (primary N) is 1. The summed E-state index contributed by atoms with van der Waals surface area (Å²) in [6.07, 6.45) is 3.17. The van der Waals surface area contributed by atoms with Gasteiger partial charge in [-0.2, -0.15) is 5.26 Å². The zero-order valence-corrected chi connectivity index (χ0v) is 11.2. The molecule has 2 aromatic heterocycles. The van der Waals surface area contributed by atoms with E-state index in [1.807, 2.05) is 12.1 Å². The van der Waals surface area contributed by atoms with Gasteiger partial charge in [0.05, 0.1) is 11.2 Å². The van der Waals surface area contributed by atoms with E-state index in [2.05, 4.69) is 31.0 Å². The van der Waals surface area contributed by atoms with Crippen LogP contribution in [0.2, 0.25) is 0 Å². The number of pyridine rings is 1. The number of aromatic nitrogens is 4. The van der Waals surface area contributed by atoms with Gasteiger partial charge in [-0.1, -0.05) is 0 Å². The van der Waals surface area contributed by atoms with Gasteiger partial charge in [-0.05, 0) is 34.1 Å². The summed E-state index contributed by atoms with van der Waals surface area (Å²) < 4.78 is 2.36. The highest BCUT2D eigenvalue weighted by molar-refractivity contribution is 9.10. The third-order valence-corrected chi connectivity index (χ3v) is 3.10. The van der Waals surface area contributed by atoms with Crippen molar-refractivity contribution >= 4 is 32.5 Å². The van der Waals surface area contributed by atoms with Crippen molar-refractivity contribution in [2.24, 2.45) is 0 Å². The van der Waals surface area contributed by atoms with Crippen LogP contribution in [0.5, 0.6) is 0 Å². The number of anilines is 1. The van der Waals surface area contributed by atoms with E-state index >= 15 is 0 Å². The summed E-state index contributed by atoms with van der Waals surface area (Å²) in [7, 11) is 0. The number of nitrogen functional groups attached to an aromatic ring is 1. The van der Waals surface area contributed by atoms with Gasteiger partial charge in [-0.3, -0.25) is 4.98 Å². The molecule has 3 rings (SSSR count). The van der Waals surface area contributed by atoms with Crippen LogP contribution in [-0.4, -0.2) is 19.7 Å². The lowest BCUT2D eigenvalue weighted by Crippen LogP contribution is -1.99. The predicted octanol–water partition coefficient (Wildman–Crippen LogP) is 2.03. The van der Waals surface area contributed by atoms with Crippen LogP contribution < -0.4 is 5.73 Å². The molecule has 7 heteroatoms. The Kier molecular flexibility index (Phi) is 2.65. The minimum absolute atomic E-state index is 0.113. The van der Waals surface area contributed by atoms with Crippen LogP contribution in [0.25, 0.3) is 16.6 Å². The van der Waals surface area contributed by atoms with Crippen molar-refractivity contribution in [3.05, 3.63) is 41.0 Å². The second-order valence-electron chi connectivity index (χ2n) is 3.85. The predicted molar refractivity (Wildman–Crippen MR) is 73.5 cm³/mol. The van der Waals surface area contributed by atoms with Gasteiger partial charge in [-0.15, -0.1) is 5.10 Å². The molecule has 3 aromatic rings. The van der Waals surface area contributed by atoms with Crippen LogP contribution in [0.1, 0.15) is 5.82 Å². The lowest BCUT2D eigenvalue weighted by molar-refractivity contribution is 0.877. The first kappa shape index (κ1) is 11.6. The van der Waals surface area contributed by atoms with Crippen LogP contribution in [0, 0.1) is 11.3 Å². The number of halogens is 1. The highest BCUT2D eigenvalue weighted by Crippen LogP contribution is 2.27. The van der Waals surface area contributed by atoms with Gasteiger partial charge in [0.25, 0.3) is 5.82 Å². The molecule has 0 atom stereocenters. The van der Waals surface area contributed by atoms with Gasteiger partial charge in [0, 0.05) is 21.7 Å². The van der Waals surface area contributed by atoms with Gasteiger partial charge in [-0.25, -0.2) is 9.67 Å². The monoisotopic (exact) mass is 314 g/mol. The van der Waals surface area contributed by atoms with Crippen LogP contribution in [-0.2, 0) is 0 Å². The first-order valence-electron chi connectivity index (χ1n) is 5.35. The zero-order valence-electron chi connectivity index (χ0n) is 9.58. The Morgan fingerprint density at radius 1 is 1.32 bits per heavy atom. The summed E-state index contributed by atoms with van der Waals surface area (Å²) in [5.41, 5.74) is 8.01. The molecule has 0 saturated heterocycles. The van der Waals surface area contributed by atoms with E-state index < -0.39 is 0 Å². The van der Waals surface area contributed by atoms with Gasteiger partial charge in [0.2, 0.25) is 0 Å². The molecule has 0 saturated carbocycles. The number of nitrogens with zero attached hydrogens (tertiary/aromatic N) is 5. The van der Waals surface area contributed by atoms with Crippen LogP contribution in [0.4, 0.5) is 5.69 Å². The first-order chi connectivity index (χ1) is 9.19. The van der Waals surface area contributed by atoms with Crippen molar-refractivity contribution in [1.29, 1.82) is 5.26 Å². The van der Waals surface area contributed by atoms with Crippen molar-refractivity contribution in [1.82, 2.24) is 19.7 Å². The summed E-state index contributed by atoms with van der Waals surface area (Å²) in [6, 6.07) is 7.36. The van der Waals surface area contributed by atoms with Gasteiger partial charge >= 0.3 is 0 Å². The highest BCUT2D eigenvalue weighted by atomic mass is 79.9. The maximum atomic E-state index is 8.76. The van der Waals surface area contributed by atoms with Crippen molar-refractivity contribution in [2.45, 2.75) is 0 Å². The number of fused-ring (bicyclic) bond motifs is 1. The van der Waals surface area contributed by atoms with E-state index in [-0.39, 0.29) is 5.82 Å². The molecule has 0 bridgehead atoms. The molecular formula is C12H7BrN6. The summed E-state index contributed by atoms with van der Waals surface area (Å²) in [5.74, 6) is 0.113. The number of nitriles is 1. The summed E-state index contributed by atoms with van der Waals surface area (Å²) in [6.45, 7) is 0. The topological polar surface area (TPSA) is 93.4 Å². The molecule has 0 aliphatic rings. The average molecular weight is 315 g/mol. The molecule has 1 aromatic carbocycles. The van der Waals surface area contributed by atoms with E-state index in [0.29, 0.717) is 11.2 Å². The Labute approximate surface area is 116 Å². The SMILES string of the molecule is N#Cc1ncn(-c2ccc(N)c3cc(Br)cnc23)n1. The van der Waals surface area contributed by atoms with Crippen molar-refractivity contribution in [3.8, 4) is 11.8 Å². The fraction of sp³-hybridized carbons (Fsp3) is 0. The molecule has 0 aliphatic carbocycles. The van der Waals surface area contributed by atoms with E-state index in [9.17, 15) is 0 Å². The van der Waals surface area contributed by atoms with Crippen LogP contribution in [0.15, 0.2) is 35.2 Å². The average Bonchev–Trinajstić information content (AvgIpc) is 2.88. The Bertz CT molecular complexity index is 817. The Hall–Kier alpha value is -2.46. The van der Waals surface area contributed by atoms with Gasteiger partial charge < -0.3 is 5.73 Å². The molecular weight excluding hydrogens is 308 g/mol. The maximum Gasteiger partial charge on any atom is 0.252 e. The summed E-state index contributed by atoms with van der Waals surface area (Å²) >= 11 is 3.37. The summed E-state index contributed by atoms with van der Waals surface area (Å²) in [4.78, 5) is 8.23. The number of rotatable bonds is 1. The largest absolute Gasteiger partial charge is 0.398 e. The molecule has 0 fully saturated rings. The first-order valence-corrected chi connectivity index (χ1v) is 6.14. The van der Waals surface area contributed by atoms with E-state index in [1.54, 1.807) is 18.3 Å². The van der Waals surface area contributed by atoms with E-state index in [4.69, 9.17) is 11.0 Å². The maximum absolute atomic E-state index is 8.76. The van der Waals surface area contributed by atoms with Crippen molar-refractivity contribution in [2.75, 3.05) is 5.73 Å². The molecule has 0 spiro atoms. The quantitative estimate of drug-likeness (QED) is 0.694. The van der Waals surface area contributed by atoms with Crippen molar-refractivity contribution in [3.63, 3.8) is 0 Å². The van der Waals surface area contributed by atoms with E-state index in [1.165, 1.54) is 11.0 Å². The van der Waals surface area contributed by atoms with E-state index in [0.717, 1.165) is 15.5 Å². The Morgan fingerprint density at radius 2 is 2.16 bits per heavy atom. The van der Waals surface area contributed by atoms with Gasteiger partial charge in [0.1, 0.15) is 12.4 Å². The minimum Gasteiger partial charge on any atom is -0.398 e. The summed E-state index contributed by atoms with van der Waals surface area (Å²) in [5, 5.41) is 13.6. The molecule has 2 N–H and O–H groups in total. The minimum atomic E-state index is 0.113. The smallest absolute Gasteiger partial charge is 0.252 e. The number of hydrogen-bond acceptors (Lipinski definition) is 5. The van der Waals surface area contributed by atoms with Crippen LogP contribution in [0.3, 0.4) is 0 Å². The zero-order chi connectivity index (χ0) is 13.4. The third-order valence-electron chi connectivity index (χ3n) is 2.67. The highest BCUT2D eigenvalue weighted by Gasteiger charge is 2.10. The molecule has 0 radical (unpaired) electrons. The van der Waals surface area contributed by atoms with Gasteiger partial charge in [0.15, 0.2) is 0 Å². The van der Waals surface area contributed by atoms with Crippen LogP contribution >= 0.6 is 15.9 Å². The fourth-order valence-electron chi connectivity index (χ4n) is 1.82.